The molecule has 0 unspecified atom stereocenters. The van der Waals surface area contributed by atoms with Crippen LogP contribution in [0.3, 0.4) is 0 Å². The number of carbonyl (C=O) groups excluding carboxylic acids is 1. The predicted octanol–water partition coefficient (Wildman–Crippen LogP) is 2.20. The van der Waals surface area contributed by atoms with Crippen LogP contribution in [0.2, 0.25) is 0 Å². The molecule has 0 saturated carbocycles. The highest BCUT2D eigenvalue weighted by Crippen LogP contribution is 2.13. The van der Waals surface area contributed by atoms with Gasteiger partial charge in [-0.3, -0.25) is 14.9 Å². The molecule has 0 fully saturated rings. The van der Waals surface area contributed by atoms with E-state index in [1.807, 2.05) is 6.07 Å². The number of phenols is 1. The molecule has 0 aromatic heterocycles. The molecule has 0 atom stereocenters. The minimum Gasteiger partial charge on any atom is -0.508 e. The van der Waals surface area contributed by atoms with E-state index in [2.05, 4.69) is 5.32 Å². The maximum absolute atomic E-state index is 11.8. The van der Waals surface area contributed by atoms with E-state index in [0.717, 1.165) is 5.56 Å². The van der Waals surface area contributed by atoms with Gasteiger partial charge < -0.3 is 10.4 Å². The number of nitro groups is 1. The molecule has 0 aliphatic carbocycles. The van der Waals surface area contributed by atoms with Crippen LogP contribution in [-0.4, -0.2) is 22.5 Å². The maximum atomic E-state index is 11.8. The topological polar surface area (TPSA) is 92.5 Å². The third-order valence-electron chi connectivity index (χ3n) is 3.13. The molecule has 2 aromatic carbocycles. The number of hydrogen-bond donors (Lipinski definition) is 2. The molecule has 0 radical (unpaired) electrons. The van der Waals surface area contributed by atoms with Crippen molar-refractivity contribution in [3.8, 4) is 5.75 Å². The van der Waals surface area contributed by atoms with Gasteiger partial charge in [-0.1, -0.05) is 24.3 Å². The van der Waals surface area contributed by atoms with E-state index in [-0.39, 0.29) is 23.8 Å². The Morgan fingerprint density at radius 3 is 2.59 bits per heavy atom. The Balaban J connectivity index is 1.83. The molecular weight excluding hydrogens is 284 g/mol. The van der Waals surface area contributed by atoms with Crippen LogP contribution in [0.5, 0.6) is 5.75 Å². The van der Waals surface area contributed by atoms with Crippen molar-refractivity contribution in [3.63, 3.8) is 0 Å². The second kappa shape index (κ2) is 7.21. The lowest BCUT2D eigenvalue weighted by molar-refractivity contribution is -0.384. The fourth-order valence-corrected chi connectivity index (χ4v) is 2.09. The van der Waals surface area contributed by atoms with E-state index in [1.54, 1.807) is 30.3 Å². The predicted molar refractivity (Wildman–Crippen MR) is 81.6 cm³/mol. The number of nitrogens with zero attached hydrogens (tertiary/aromatic N) is 1. The van der Waals surface area contributed by atoms with Crippen LogP contribution < -0.4 is 5.32 Å². The Morgan fingerprint density at radius 2 is 1.86 bits per heavy atom. The molecule has 0 saturated heterocycles. The van der Waals surface area contributed by atoms with E-state index in [4.69, 9.17) is 0 Å². The summed E-state index contributed by atoms with van der Waals surface area (Å²) in [7, 11) is 0. The van der Waals surface area contributed by atoms with E-state index >= 15 is 0 Å². The smallest absolute Gasteiger partial charge is 0.269 e. The molecule has 0 aliphatic rings. The molecule has 2 rings (SSSR count). The average molecular weight is 300 g/mol. The lowest BCUT2D eigenvalue weighted by Gasteiger charge is -2.06. The van der Waals surface area contributed by atoms with Crippen molar-refractivity contribution in [2.75, 3.05) is 6.54 Å². The minimum absolute atomic E-state index is 0.0231. The lowest BCUT2D eigenvalue weighted by atomic mass is 10.1. The Kier molecular flexibility index (Phi) is 5.08. The van der Waals surface area contributed by atoms with Gasteiger partial charge in [0.05, 0.1) is 11.3 Å². The van der Waals surface area contributed by atoms with Gasteiger partial charge in [0.2, 0.25) is 5.91 Å². The van der Waals surface area contributed by atoms with Crippen molar-refractivity contribution in [1.29, 1.82) is 0 Å². The van der Waals surface area contributed by atoms with E-state index in [9.17, 15) is 20.0 Å². The monoisotopic (exact) mass is 300 g/mol. The first-order valence-corrected chi connectivity index (χ1v) is 6.82. The summed E-state index contributed by atoms with van der Waals surface area (Å²) >= 11 is 0. The molecule has 114 valence electrons. The van der Waals surface area contributed by atoms with Gasteiger partial charge in [0.15, 0.2) is 0 Å². The number of nitrogens with one attached hydrogen (secondary N) is 1. The van der Waals surface area contributed by atoms with Gasteiger partial charge in [-0.25, -0.2) is 0 Å². The van der Waals surface area contributed by atoms with E-state index in [0.29, 0.717) is 18.5 Å². The van der Waals surface area contributed by atoms with Gasteiger partial charge in [0, 0.05) is 18.7 Å². The number of benzene rings is 2. The number of non-ortho nitro benzene ring substituents is 1. The Morgan fingerprint density at radius 1 is 1.14 bits per heavy atom. The van der Waals surface area contributed by atoms with Gasteiger partial charge >= 0.3 is 0 Å². The molecule has 2 N–H and O–H groups in total. The molecule has 1 amide bonds. The summed E-state index contributed by atoms with van der Waals surface area (Å²) in [6.07, 6.45) is 0.705. The molecular formula is C16H16N2O4. The van der Waals surface area contributed by atoms with Crippen molar-refractivity contribution >= 4 is 11.6 Å². The molecule has 0 spiro atoms. The number of nitro benzene ring substituents is 1. The zero-order valence-electron chi connectivity index (χ0n) is 11.9. The number of aromatic hydroxyl groups is 1. The zero-order valence-corrected chi connectivity index (χ0v) is 11.9. The normalized spacial score (nSPS) is 10.2. The largest absolute Gasteiger partial charge is 0.508 e. The maximum Gasteiger partial charge on any atom is 0.269 e. The SMILES string of the molecule is O=C(Cc1cccc([N+](=O)[O-])c1)NCCc1cccc(O)c1. The fourth-order valence-electron chi connectivity index (χ4n) is 2.09. The number of amides is 1. The summed E-state index contributed by atoms with van der Waals surface area (Å²) in [5.41, 5.74) is 1.50. The van der Waals surface area contributed by atoms with E-state index < -0.39 is 4.92 Å². The zero-order chi connectivity index (χ0) is 15.9. The van der Waals surface area contributed by atoms with Crippen LogP contribution in [-0.2, 0) is 17.6 Å². The van der Waals surface area contributed by atoms with Crippen LogP contribution in [0.4, 0.5) is 5.69 Å². The lowest BCUT2D eigenvalue weighted by Crippen LogP contribution is -2.27. The van der Waals surface area contributed by atoms with Crippen LogP contribution in [0.1, 0.15) is 11.1 Å². The first kappa shape index (κ1) is 15.5. The van der Waals surface area contributed by atoms with Crippen molar-refractivity contribution < 1.29 is 14.8 Å². The van der Waals surface area contributed by atoms with Crippen LogP contribution in [0.25, 0.3) is 0 Å². The number of hydrogen-bond acceptors (Lipinski definition) is 4. The number of carbonyl (C=O) groups is 1. The van der Waals surface area contributed by atoms with Crippen molar-refractivity contribution in [3.05, 3.63) is 69.8 Å². The molecule has 0 bridgehead atoms. The Hall–Kier alpha value is -2.89. The Bertz CT molecular complexity index is 685. The molecule has 6 nitrogen and oxygen atoms in total. The second-order valence-corrected chi connectivity index (χ2v) is 4.87. The average Bonchev–Trinajstić information content (AvgIpc) is 2.47. The van der Waals surface area contributed by atoms with Crippen molar-refractivity contribution in [2.24, 2.45) is 0 Å². The summed E-state index contributed by atoms with van der Waals surface area (Å²) in [6, 6.07) is 12.9. The highest BCUT2D eigenvalue weighted by molar-refractivity contribution is 5.78. The third-order valence-corrected chi connectivity index (χ3v) is 3.13. The van der Waals surface area contributed by atoms with E-state index in [1.165, 1.54) is 12.1 Å². The third kappa shape index (κ3) is 4.59. The van der Waals surface area contributed by atoms with Gasteiger partial charge in [0.1, 0.15) is 5.75 Å². The second-order valence-electron chi connectivity index (χ2n) is 4.87. The summed E-state index contributed by atoms with van der Waals surface area (Å²) < 4.78 is 0. The first-order chi connectivity index (χ1) is 10.5. The van der Waals surface area contributed by atoms with Crippen LogP contribution >= 0.6 is 0 Å². The molecule has 22 heavy (non-hydrogen) atoms. The molecule has 0 aliphatic heterocycles. The van der Waals surface area contributed by atoms with Crippen molar-refractivity contribution in [2.45, 2.75) is 12.8 Å². The standard InChI is InChI=1S/C16H16N2O4/c19-15-6-2-3-12(10-15)7-8-17-16(20)11-13-4-1-5-14(9-13)18(21)22/h1-6,9-10,19H,7-8,11H2,(H,17,20). The van der Waals surface area contributed by atoms with Gasteiger partial charge in [0.25, 0.3) is 5.69 Å². The number of phenolic OH excluding ortho intramolecular Hbond substituents is 1. The molecule has 6 heteroatoms. The quantitative estimate of drug-likeness (QED) is 0.632. The first-order valence-electron chi connectivity index (χ1n) is 6.82. The minimum atomic E-state index is -0.483. The highest BCUT2D eigenvalue weighted by Gasteiger charge is 2.08. The Labute approximate surface area is 127 Å². The number of rotatable bonds is 6. The summed E-state index contributed by atoms with van der Waals surface area (Å²) in [5, 5.41) is 22.8. The summed E-state index contributed by atoms with van der Waals surface area (Å²) in [6.45, 7) is 0.442. The molecule has 0 heterocycles. The van der Waals surface area contributed by atoms with Gasteiger partial charge in [-0.2, -0.15) is 0 Å². The van der Waals surface area contributed by atoms with Crippen LogP contribution in [0, 0.1) is 10.1 Å². The van der Waals surface area contributed by atoms with Gasteiger partial charge in [-0.05, 0) is 29.7 Å². The fraction of sp³-hybridized carbons (Fsp3) is 0.188. The summed E-state index contributed by atoms with van der Waals surface area (Å²) in [4.78, 5) is 22.0. The molecule has 2 aromatic rings. The highest BCUT2D eigenvalue weighted by atomic mass is 16.6. The van der Waals surface area contributed by atoms with Crippen molar-refractivity contribution in [1.82, 2.24) is 5.32 Å². The van der Waals surface area contributed by atoms with Crippen LogP contribution in [0.15, 0.2) is 48.5 Å². The van der Waals surface area contributed by atoms with Gasteiger partial charge in [-0.15, -0.1) is 0 Å². The summed E-state index contributed by atoms with van der Waals surface area (Å²) in [5.74, 6) is 0.000993.